The molecule has 0 aliphatic carbocycles. The van der Waals surface area contributed by atoms with Crippen molar-refractivity contribution in [3.63, 3.8) is 0 Å². The Labute approximate surface area is 104 Å². The molecule has 2 aromatic rings. The van der Waals surface area contributed by atoms with Gasteiger partial charge in [-0.3, -0.25) is 0 Å². The Bertz CT molecular complexity index is 620. The highest BCUT2D eigenvalue weighted by atomic mass is 19.1. The molecular weight excluding hydrogens is 232 g/mol. The molecule has 1 aliphatic heterocycles. The van der Waals surface area contributed by atoms with Crippen LogP contribution < -0.4 is 5.32 Å². The minimum atomic E-state index is -0.501. The molecule has 2 aromatic carbocycles. The highest BCUT2D eigenvalue weighted by Gasteiger charge is 2.20. The Hall–Kier alpha value is -1.90. The Morgan fingerprint density at radius 3 is 2.78 bits per heavy atom. The third-order valence-electron chi connectivity index (χ3n) is 3.42. The zero-order chi connectivity index (χ0) is 12.7. The van der Waals surface area contributed by atoms with Gasteiger partial charge in [0.05, 0.1) is 5.56 Å². The Morgan fingerprint density at radius 2 is 1.94 bits per heavy atom. The van der Waals surface area contributed by atoms with E-state index in [1.807, 2.05) is 12.1 Å². The Balaban J connectivity index is 2.28. The zero-order valence-corrected chi connectivity index (χ0v) is 10.1. The fraction of sp³-hybridized carbons (Fsp3) is 0.200. The van der Waals surface area contributed by atoms with Crippen LogP contribution in [0.5, 0.6) is 0 Å². The molecule has 3 rings (SSSR count). The van der Waals surface area contributed by atoms with Crippen LogP contribution in [0.4, 0.5) is 14.5 Å². The van der Waals surface area contributed by atoms with Crippen LogP contribution >= 0.6 is 0 Å². The molecule has 0 unspecified atom stereocenters. The van der Waals surface area contributed by atoms with E-state index in [0.29, 0.717) is 11.1 Å². The molecule has 1 nitrogen and oxygen atoms in total. The first-order valence-electron chi connectivity index (χ1n) is 5.99. The van der Waals surface area contributed by atoms with Crippen molar-refractivity contribution < 1.29 is 8.78 Å². The molecule has 1 heterocycles. The minimum Gasteiger partial charge on any atom is -0.384 e. The highest BCUT2D eigenvalue weighted by Crippen LogP contribution is 2.36. The number of halogens is 2. The van der Waals surface area contributed by atoms with Gasteiger partial charge in [0.15, 0.2) is 0 Å². The molecule has 0 aromatic heterocycles. The van der Waals surface area contributed by atoms with E-state index in [-0.39, 0.29) is 5.56 Å². The normalized spacial score (nSPS) is 13.3. The molecule has 0 amide bonds. The Kier molecular flexibility index (Phi) is 2.54. The van der Waals surface area contributed by atoms with E-state index in [1.54, 1.807) is 13.0 Å². The predicted molar refractivity (Wildman–Crippen MR) is 68.7 cm³/mol. The van der Waals surface area contributed by atoms with Crippen LogP contribution in [0.25, 0.3) is 11.1 Å². The minimum absolute atomic E-state index is 0.0931. The van der Waals surface area contributed by atoms with Crippen molar-refractivity contribution in [1.82, 2.24) is 0 Å². The molecule has 0 radical (unpaired) electrons. The average molecular weight is 245 g/mol. The molecule has 92 valence electrons. The van der Waals surface area contributed by atoms with E-state index in [9.17, 15) is 8.78 Å². The maximum Gasteiger partial charge on any atom is 0.136 e. The van der Waals surface area contributed by atoms with Crippen molar-refractivity contribution in [2.24, 2.45) is 0 Å². The summed E-state index contributed by atoms with van der Waals surface area (Å²) in [6.45, 7) is 2.47. The van der Waals surface area contributed by atoms with Crippen LogP contribution in [0.2, 0.25) is 0 Å². The van der Waals surface area contributed by atoms with Crippen molar-refractivity contribution in [3.8, 4) is 11.1 Å². The van der Waals surface area contributed by atoms with Gasteiger partial charge in [-0.25, -0.2) is 8.78 Å². The van der Waals surface area contributed by atoms with Gasteiger partial charge in [-0.1, -0.05) is 18.2 Å². The number of rotatable bonds is 1. The zero-order valence-electron chi connectivity index (χ0n) is 10.1. The van der Waals surface area contributed by atoms with Crippen molar-refractivity contribution in [1.29, 1.82) is 0 Å². The van der Waals surface area contributed by atoms with Gasteiger partial charge in [-0.2, -0.15) is 0 Å². The molecule has 0 saturated carbocycles. The van der Waals surface area contributed by atoms with Crippen LogP contribution in [0, 0.1) is 18.6 Å². The summed E-state index contributed by atoms with van der Waals surface area (Å²) in [5.74, 6) is -0.964. The first kappa shape index (κ1) is 11.2. The van der Waals surface area contributed by atoms with E-state index >= 15 is 0 Å². The molecule has 0 spiro atoms. The summed E-state index contributed by atoms with van der Waals surface area (Å²) in [4.78, 5) is 0. The summed E-state index contributed by atoms with van der Waals surface area (Å²) in [5.41, 5.74) is 3.20. The first-order chi connectivity index (χ1) is 8.68. The van der Waals surface area contributed by atoms with Crippen LogP contribution in [0.3, 0.4) is 0 Å². The quantitative estimate of drug-likeness (QED) is 0.803. The smallest absolute Gasteiger partial charge is 0.136 e. The van der Waals surface area contributed by atoms with Crippen LogP contribution in [0.15, 0.2) is 30.3 Å². The number of hydrogen-bond acceptors (Lipinski definition) is 1. The van der Waals surface area contributed by atoms with Crippen molar-refractivity contribution in [3.05, 3.63) is 53.1 Å². The lowest BCUT2D eigenvalue weighted by Gasteiger charge is -2.11. The van der Waals surface area contributed by atoms with Gasteiger partial charge in [0, 0.05) is 12.2 Å². The lowest BCUT2D eigenvalue weighted by molar-refractivity contribution is 0.583. The highest BCUT2D eigenvalue weighted by molar-refractivity contribution is 5.76. The van der Waals surface area contributed by atoms with E-state index in [4.69, 9.17) is 0 Å². The van der Waals surface area contributed by atoms with Gasteiger partial charge in [0.2, 0.25) is 0 Å². The van der Waals surface area contributed by atoms with E-state index in [2.05, 4.69) is 5.32 Å². The second kappa shape index (κ2) is 4.09. The summed E-state index contributed by atoms with van der Waals surface area (Å²) < 4.78 is 28.1. The van der Waals surface area contributed by atoms with Gasteiger partial charge in [0.1, 0.15) is 11.6 Å². The summed E-state index contributed by atoms with van der Waals surface area (Å²) in [6, 6.07) is 8.35. The van der Waals surface area contributed by atoms with Gasteiger partial charge >= 0.3 is 0 Å². The van der Waals surface area contributed by atoms with E-state index in [0.717, 1.165) is 24.2 Å². The Morgan fingerprint density at radius 1 is 1.11 bits per heavy atom. The molecule has 3 heteroatoms. The number of fused-ring (bicyclic) bond motifs is 1. The van der Waals surface area contributed by atoms with E-state index < -0.39 is 11.6 Å². The topological polar surface area (TPSA) is 12.0 Å². The lowest BCUT2D eigenvalue weighted by Crippen LogP contribution is -1.96. The maximum atomic E-state index is 14.2. The molecule has 0 fully saturated rings. The fourth-order valence-electron chi connectivity index (χ4n) is 2.48. The van der Waals surface area contributed by atoms with Gasteiger partial charge in [-0.15, -0.1) is 0 Å². The van der Waals surface area contributed by atoms with Crippen molar-refractivity contribution in [2.45, 2.75) is 13.3 Å². The van der Waals surface area contributed by atoms with Gasteiger partial charge in [-0.05, 0) is 42.2 Å². The SMILES string of the molecule is Cc1ccc(F)c(-c2cccc3c2CCN3)c1F. The molecule has 0 atom stereocenters. The van der Waals surface area contributed by atoms with Crippen LogP contribution in [-0.4, -0.2) is 6.54 Å². The van der Waals surface area contributed by atoms with Crippen LogP contribution in [-0.2, 0) is 6.42 Å². The van der Waals surface area contributed by atoms with Gasteiger partial charge in [0.25, 0.3) is 0 Å². The standard InChI is InChI=1S/C15H13F2N/c1-9-5-6-12(16)14(15(9)17)11-3-2-4-13-10(11)7-8-18-13/h2-6,18H,7-8H2,1H3. The van der Waals surface area contributed by atoms with Crippen LogP contribution in [0.1, 0.15) is 11.1 Å². The molecule has 0 saturated heterocycles. The number of hydrogen-bond donors (Lipinski definition) is 1. The van der Waals surface area contributed by atoms with E-state index in [1.165, 1.54) is 12.1 Å². The number of aryl methyl sites for hydroxylation is 1. The second-order valence-corrected chi connectivity index (χ2v) is 4.56. The summed E-state index contributed by atoms with van der Waals surface area (Å²) >= 11 is 0. The molecular formula is C15H13F2N. The predicted octanol–water partition coefficient (Wildman–Crippen LogP) is 3.91. The van der Waals surface area contributed by atoms with Crippen molar-refractivity contribution >= 4 is 5.69 Å². The summed E-state index contributed by atoms with van der Waals surface area (Å²) in [7, 11) is 0. The summed E-state index contributed by atoms with van der Waals surface area (Å²) in [5, 5.41) is 3.22. The van der Waals surface area contributed by atoms with Crippen molar-refractivity contribution in [2.75, 3.05) is 11.9 Å². The second-order valence-electron chi connectivity index (χ2n) is 4.56. The fourth-order valence-corrected chi connectivity index (χ4v) is 2.48. The van der Waals surface area contributed by atoms with Gasteiger partial charge < -0.3 is 5.32 Å². The molecule has 18 heavy (non-hydrogen) atoms. The molecule has 1 aliphatic rings. The average Bonchev–Trinajstić information content (AvgIpc) is 2.83. The number of anilines is 1. The molecule has 1 N–H and O–H groups in total. The largest absolute Gasteiger partial charge is 0.384 e. The summed E-state index contributed by atoms with van der Waals surface area (Å²) in [6.07, 6.45) is 0.804. The monoisotopic (exact) mass is 245 g/mol. The first-order valence-corrected chi connectivity index (χ1v) is 5.99. The number of nitrogens with one attached hydrogen (secondary N) is 1. The number of benzene rings is 2. The third-order valence-corrected chi connectivity index (χ3v) is 3.42. The molecule has 0 bridgehead atoms. The third kappa shape index (κ3) is 1.58. The maximum absolute atomic E-state index is 14.2. The lowest BCUT2D eigenvalue weighted by atomic mass is 9.95.